The van der Waals surface area contributed by atoms with Crippen molar-refractivity contribution in [3.8, 4) is 11.1 Å². The van der Waals surface area contributed by atoms with E-state index in [1.165, 1.54) is 7.11 Å². The highest BCUT2D eigenvalue weighted by molar-refractivity contribution is 5.86. The lowest BCUT2D eigenvalue weighted by Gasteiger charge is -2.42. The first-order valence-electron chi connectivity index (χ1n) is 10.7. The van der Waals surface area contributed by atoms with E-state index in [4.69, 9.17) is 4.74 Å². The lowest BCUT2D eigenvalue weighted by Crippen LogP contribution is -2.56. The van der Waals surface area contributed by atoms with Crippen LogP contribution in [0.3, 0.4) is 0 Å². The predicted octanol–water partition coefficient (Wildman–Crippen LogP) is 3.68. The van der Waals surface area contributed by atoms with Crippen molar-refractivity contribution in [3.63, 3.8) is 0 Å². The van der Waals surface area contributed by atoms with E-state index in [0.29, 0.717) is 19.5 Å². The Morgan fingerprint density at radius 3 is 2.50 bits per heavy atom. The van der Waals surface area contributed by atoms with E-state index >= 15 is 0 Å². The van der Waals surface area contributed by atoms with Crippen LogP contribution in [0.4, 0.5) is 0 Å². The summed E-state index contributed by atoms with van der Waals surface area (Å²) in [6, 6.07) is 18.5. The van der Waals surface area contributed by atoms with Crippen molar-refractivity contribution in [1.29, 1.82) is 0 Å². The van der Waals surface area contributed by atoms with Crippen molar-refractivity contribution >= 4 is 11.8 Å². The molecule has 5 heteroatoms. The molecule has 1 aliphatic rings. The maximum absolute atomic E-state index is 13.4. The molecule has 1 heterocycles. The zero-order valence-electron chi connectivity index (χ0n) is 18.2. The number of nitrogens with one attached hydrogen (secondary N) is 1. The first-order chi connectivity index (χ1) is 14.4. The van der Waals surface area contributed by atoms with Gasteiger partial charge in [0, 0.05) is 26.2 Å². The number of likely N-dealkylation sites (tertiary alicyclic amines) is 1. The molecule has 1 fully saturated rings. The molecule has 1 atom stereocenters. The second-order valence-corrected chi connectivity index (χ2v) is 8.46. The second kappa shape index (κ2) is 9.90. The van der Waals surface area contributed by atoms with Crippen molar-refractivity contribution < 1.29 is 14.3 Å². The number of piperidine rings is 1. The van der Waals surface area contributed by atoms with Gasteiger partial charge in [-0.2, -0.15) is 0 Å². The lowest BCUT2D eigenvalue weighted by molar-refractivity contribution is -0.144. The maximum Gasteiger partial charge on any atom is 0.248 e. The summed E-state index contributed by atoms with van der Waals surface area (Å²) in [5.74, 6) is -0.0365. The normalized spacial score (nSPS) is 19.0. The van der Waals surface area contributed by atoms with E-state index in [9.17, 15) is 9.59 Å². The molecule has 1 unspecified atom stereocenters. The van der Waals surface area contributed by atoms with Crippen LogP contribution in [0.1, 0.15) is 32.3 Å². The molecule has 2 aromatic rings. The summed E-state index contributed by atoms with van der Waals surface area (Å²) in [6.07, 6.45) is 2.15. The van der Waals surface area contributed by atoms with Crippen LogP contribution in [0, 0.1) is 5.41 Å². The number of nitrogens with zero attached hydrogens (tertiary/aromatic N) is 1. The zero-order chi connectivity index (χ0) is 21.6. The summed E-state index contributed by atoms with van der Waals surface area (Å²) in [6.45, 7) is 5.07. The van der Waals surface area contributed by atoms with Crippen molar-refractivity contribution in [2.45, 2.75) is 39.2 Å². The van der Waals surface area contributed by atoms with Crippen molar-refractivity contribution in [2.24, 2.45) is 5.41 Å². The summed E-state index contributed by atoms with van der Waals surface area (Å²) in [5.41, 5.74) is 2.74. The largest absolute Gasteiger partial charge is 0.375 e. The molecule has 1 aliphatic heterocycles. The van der Waals surface area contributed by atoms with Crippen LogP contribution in [0.2, 0.25) is 0 Å². The Bertz CT molecular complexity index is 866. The van der Waals surface area contributed by atoms with E-state index in [1.807, 2.05) is 44.2 Å². The molecular formula is C25H32N2O3. The Labute approximate surface area is 179 Å². The molecule has 160 valence electrons. The molecule has 0 aliphatic carbocycles. The van der Waals surface area contributed by atoms with Gasteiger partial charge >= 0.3 is 0 Å². The summed E-state index contributed by atoms with van der Waals surface area (Å²) in [7, 11) is 1.52. The number of carbonyl (C=O) groups excluding carboxylic acids is 2. The number of rotatable bonds is 7. The highest BCUT2D eigenvalue weighted by atomic mass is 16.5. The molecule has 2 amide bonds. The van der Waals surface area contributed by atoms with E-state index in [0.717, 1.165) is 29.5 Å². The average molecular weight is 409 g/mol. The summed E-state index contributed by atoms with van der Waals surface area (Å²) < 4.78 is 5.05. The fourth-order valence-electron chi connectivity index (χ4n) is 4.32. The van der Waals surface area contributed by atoms with Crippen LogP contribution in [0.25, 0.3) is 11.1 Å². The quantitative estimate of drug-likeness (QED) is 0.760. The molecule has 30 heavy (non-hydrogen) atoms. The van der Waals surface area contributed by atoms with Gasteiger partial charge in [0.25, 0.3) is 0 Å². The Morgan fingerprint density at radius 2 is 1.80 bits per heavy atom. The number of hydrogen-bond acceptors (Lipinski definition) is 3. The minimum atomic E-state index is -0.656. The van der Waals surface area contributed by atoms with Crippen LogP contribution in [0.15, 0.2) is 54.6 Å². The molecule has 0 saturated carbocycles. The van der Waals surface area contributed by atoms with Crippen LogP contribution in [0.5, 0.6) is 0 Å². The van der Waals surface area contributed by atoms with Gasteiger partial charge in [0.2, 0.25) is 11.8 Å². The molecule has 1 N–H and O–H groups in total. The van der Waals surface area contributed by atoms with Gasteiger partial charge in [0.1, 0.15) is 6.61 Å². The highest BCUT2D eigenvalue weighted by Crippen LogP contribution is 2.37. The fourth-order valence-corrected chi connectivity index (χ4v) is 4.32. The minimum Gasteiger partial charge on any atom is -0.375 e. The number of carbonyl (C=O) groups is 2. The third-order valence-electron chi connectivity index (χ3n) is 5.73. The van der Waals surface area contributed by atoms with Gasteiger partial charge in [-0.05, 0) is 49.8 Å². The zero-order valence-corrected chi connectivity index (χ0v) is 18.2. The van der Waals surface area contributed by atoms with Crippen molar-refractivity contribution in [2.75, 3.05) is 26.8 Å². The van der Waals surface area contributed by atoms with Crippen LogP contribution in [-0.4, -0.2) is 49.6 Å². The highest BCUT2D eigenvalue weighted by Gasteiger charge is 2.44. The van der Waals surface area contributed by atoms with Gasteiger partial charge in [-0.3, -0.25) is 9.59 Å². The third-order valence-corrected chi connectivity index (χ3v) is 5.73. The van der Waals surface area contributed by atoms with Gasteiger partial charge in [0.05, 0.1) is 5.41 Å². The van der Waals surface area contributed by atoms with Gasteiger partial charge < -0.3 is 15.0 Å². The number of hydrogen-bond donors (Lipinski definition) is 1. The maximum atomic E-state index is 13.4. The average Bonchev–Trinajstić information content (AvgIpc) is 2.74. The number of benzene rings is 2. The molecule has 0 aromatic heterocycles. The number of amides is 2. The van der Waals surface area contributed by atoms with Crippen LogP contribution < -0.4 is 5.32 Å². The summed E-state index contributed by atoms with van der Waals surface area (Å²) in [5, 5.41) is 3.12. The van der Waals surface area contributed by atoms with Crippen molar-refractivity contribution in [3.05, 3.63) is 60.2 Å². The Morgan fingerprint density at radius 1 is 1.10 bits per heavy atom. The second-order valence-electron chi connectivity index (χ2n) is 8.46. The van der Waals surface area contributed by atoms with E-state index in [2.05, 4.69) is 29.6 Å². The molecule has 5 nitrogen and oxygen atoms in total. The van der Waals surface area contributed by atoms with Gasteiger partial charge in [-0.25, -0.2) is 0 Å². The topological polar surface area (TPSA) is 58.6 Å². The minimum absolute atomic E-state index is 0.0234. The predicted molar refractivity (Wildman–Crippen MR) is 119 cm³/mol. The van der Waals surface area contributed by atoms with Gasteiger partial charge in [-0.15, -0.1) is 0 Å². The van der Waals surface area contributed by atoms with E-state index in [1.54, 1.807) is 4.90 Å². The first-order valence-corrected chi connectivity index (χ1v) is 10.7. The van der Waals surface area contributed by atoms with Gasteiger partial charge in [-0.1, -0.05) is 54.6 Å². The first kappa shape index (κ1) is 22.0. The third kappa shape index (κ3) is 5.08. The van der Waals surface area contributed by atoms with Gasteiger partial charge in [0.15, 0.2) is 0 Å². The number of methoxy groups -OCH3 is 1. The molecule has 2 aromatic carbocycles. The van der Waals surface area contributed by atoms with Crippen molar-refractivity contribution in [1.82, 2.24) is 10.2 Å². The fraction of sp³-hybridized carbons (Fsp3) is 0.440. The molecular weight excluding hydrogens is 376 g/mol. The molecule has 0 bridgehead atoms. The summed E-state index contributed by atoms with van der Waals surface area (Å²) >= 11 is 0. The smallest absolute Gasteiger partial charge is 0.248 e. The molecule has 0 spiro atoms. The SMILES string of the molecule is COCC(=O)N1CCCC(Cc2ccccc2-c2ccccc2)(C(=O)NC(C)C)C1. The lowest BCUT2D eigenvalue weighted by atomic mass is 9.73. The van der Waals surface area contributed by atoms with Crippen LogP contribution in [-0.2, 0) is 20.7 Å². The number of ether oxygens (including phenoxy) is 1. The molecule has 0 radical (unpaired) electrons. The standard InChI is InChI=1S/C25H32N2O3/c1-19(2)26-24(29)25(14-9-15-27(18-25)23(28)17-30-3)16-21-12-7-8-13-22(21)20-10-5-4-6-11-20/h4-8,10-13,19H,9,14-18H2,1-3H3,(H,26,29). The molecule has 1 saturated heterocycles. The van der Waals surface area contributed by atoms with E-state index < -0.39 is 5.41 Å². The Kier molecular flexibility index (Phi) is 7.27. The van der Waals surface area contributed by atoms with E-state index in [-0.39, 0.29) is 24.5 Å². The Balaban J connectivity index is 1.97. The monoisotopic (exact) mass is 408 g/mol. The molecule has 3 rings (SSSR count). The summed E-state index contributed by atoms with van der Waals surface area (Å²) in [4.78, 5) is 27.8. The Hall–Kier alpha value is -2.66. The van der Waals surface area contributed by atoms with Crippen LogP contribution >= 0.6 is 0 Å².